The molecule has 7 nitrogen and oxygen atoms in total. The Kier molecular flexibility index (Phi) is 4.48. The number of benzene rings is 1. The first kappa shape index (κ1) is 19.4. The molecule has 4 aromatic rings. The molecule has 1 saturated heterocycles. The molecule has 162 valence electrons. The van der Waals surface area contributed by atoms with Crippen LogP contribution in [0.4, 0.5) is 4.39 Å². The van der Waals surface area contributed by atoms with Crippen LogP contribution in [0.15, 0.2) is 41.9 Å². The van der Waals surface area contributed by atoms with Crippen LogP contribution >= 0.6 is 11.3 Å². The first-order valence-corrected chi connectivity index (χ1v) is 11.5. The van der Waals surface area contributed by atoms with Crippen molar-refractivity contribution in [2.45, 2.75) is 19.1 Å². The average Bonchev–Trinajstić information content (AvgIpc) is 3.53. The Balaban J connectivity index is 1.54. The summed E-state index contributed by atoms with van der Waals surface area (Å²) in [5.74, 6) is -1.05. The first-order valence-electron chi connectivity index (χ1n) is 10.6. The van der Waals surface area contributed by atoms with Gasteiger partial charge in [0.1, 0.15) is 16.7 Å². The van der Waals surface area contributed by atoms with E-state index in [-0.39, 0.29) is 11.5 Å². The molecular formula is C23H20FN5O2S. The van der Waals surface area contributed by atoms with Gasteiger partial charge in [0.25, 0.3) is 11.8 Å². The monoisotopic (exact) mass is 449 g/mol. The molecule has 0 bridgehead atoms. The summed E-state index contributed by atoms with van der Waals surface area (Å²) in [7, 11) is 0. The molecule has 2 atom stereocenters. The third-order valence-electron chi connectivity index (χ3n) is 6.35. The summed E-state index contributed by atoms with van der Waals surface area (Å²) in [5, 5.41) is 13.9. The van der Waals surface area contributed by atoms with Gasteiger partial charge in [-0.15, -0.1) is 11.3 Å². The second-order valence-corrected chi connectivity index (χ2v) is 9.13. The summed E-state index contributed by atoms with van der Waals surface area (Å²) in [6.07, 6.45) is 1.53. The van der Waals surface area contributed by atoms with Crippen LogP contribution in [0.1, 0.15) is 17.7 Å². The zero-order valence-electron chi connectivity index (χ0n) is 17.0. The molecule has 0 unspecified atom stereocenters. The molecule has 5 heterocycles. The van der Waals surface area contributed by atoms with E-state index in [0.717, 1.165) is 34.1 Å². The van der Waals surface area contributed by atoms with Crippen LogP contribution in [0, 0.1) is 5.92 Å². The van der Waals surface area contributed by atoms with E-state index < -0.39 is 18.0 Å². The highest BCUT2D eigenvalue weighted by molar-refractivity contribution is 7.16. The van der Waals surface area contributed by atoms with E-state index in [1.54, 1.807) is 10.9 Å². The van der Waals surface area contributed by atoms with Crippen LogP contribution in [0.5, 0.6) is 0 Å². The predicted octanol–water partition coefficient (Wildman–Crippen LogP) is 3.09. The van der Waals surface area contributed by atoms with Crippen molar-refractivity contribution in [3.05, 3.63) is 53.2 Å². The highest BCUT2D eigenvalue weighted by Crippen LogP contribution is 2.38. The summed E-state index contributed by atoms with van der Waals surface area (Å²) in [5.41, 5.74) is 2.54. The Bertz CT molecular complexity index is 1410. The lowest BCUT2D eigenvalue weighted by atomic mass is 9.96. The number of alkyl halides is 1. The molecule has 0 saturated carbocycles. The molecule has 0 radical (unpaired) electrons. The number of nitrogens with one attached hydrogen (secondary N) is 3. The van der Waals surface area contributed by atoms with Crippen molar-refractivity contribution in [2.24, 2.45) is 5.92 Å². The fourth-order valence-electron chi connectivity index (χ4n) is 4.75. The van der Waals surface area contributed by atoms with Crippen LogP contribution in [0.3, 0.4) is 0 Å². The minimum absolute atomic E-state index is 0.157. The zero-order chi connectivity index (χ0) is 21.8. The van der Waals surface area contributed by atoms with E-state index in [0.29, 0.717) is 29.9 Å². The molecule has 3 N–H and O–H groups in total. The molecule has 9 heteroatoms. The number of amides is 2. The van der Waals surface area contributed by atoms with Gasteiger partial charge in [-0.1, -0.05) is 18.2 Å². The van der Waals surface area contributed by atoms with Gasteiger partial charge in [0.2, 0.25) is 0 Å². The Morgan fingerprint density at radius 2 is 1.97 bits per heavy atom. The first-order chi connectivity index (χ1) is 15.6. The molecule has 0 aliphatic carbocycles. The maximum Gasteiger partial charge on any atom is 0.261 e. The fraction of sp³-hybridized carbons (Fsp3) is 0.261. The molecular weight excluding hydrogens is 429 g/mol. The highest BCUT2D eigenvalue weighted by atomic mass is 32.1. The largest absolute Gasteiger partial charge is 0.352 e. The minimum Gasteiger partial charge on any atom is -0.352 e. The Morgan fingerprint density at radius 1 is 1.12 bits per heavy atom. The number of fused-ring (bicyclic) bond motifs is 2. The lowest BCUT2D eigenvalue weighted by Gasteiger charge is -2.26. The molecule has 2 aliphatic heterocycles. The number of rotatable bonds is 4. The Labute approximate surface area is 186 Å². The molecule has 3 aromatic heterocycles. The SMILES string of the molecule is O=C1NC(=O)C(c2nn(C[C@H]3CCNC[C@H]3F)c3ccccc23)=C1c1c[nH]c2sccc12. The number of nitrogens with zero attached hydrogens (tertiary/aromatic N) is 2. The molecule has 1 aromatic carbocycles. The van der Waals surface area contributed by atoms with Crippen molar-refractivity contribution >= 4 is 55.4 Å². The predicted molar refractivity (Wildman–Crippen MR) is 122 cm³/mol. The lowest BCUT2D eigenvalue weighted by molar-refractivity contribution is -0.122. The van der Waals surface area contributed by atoms with E-state index in [1.165, 1.54) is 11.3 Å². The third kappa shape index (κ3) is 2.92. The molecule has 6 rings (SSSR count). The number of halogens is 1. The van der Waals surface area contributed by atoms with Crippen molar-refractivity contribution < 1.29 is 14.0 Å². The van der Waals surface area contributed by atoms with Crippen LogP contribution in [-0.4, -0.2) is 45.8 Å². The lowest BCUT2D eigenvalue weighted by Crippen LogP contribution is -2.39. The Morgan fingerprint density at radius 3 is 2.84 bits per heavy atom. The third-order valence-corrected chi connectivity index (χ3v) is 7.19. The van der Waals surface area contributed by atoms with Gasteiger partial charge in [-0.3, -0.25) is 19.6 Å². The number of thiophene rings is 1. The minimum atomic E-state index is -0.951. The second kappa shape index (κ2) is 7.39. The molecule has 2 amide bonds. The van der Waals surface area contributed by atoms with Crippen molar-refractivity contribution in [1.82, 2.24) is 25.4 Å². The van der Waals surface area contributed by atoms with E-state index in [4.69, 9.17) is 5.10 Å². The van der Waals surface area contributed by atoms with Crippen LogP contribution in [0.25, 0.3) is 32.3 Å². The summed E-state index contributed by atoms with van der Waals surface area (Å²) >= 11 is 1.54. The number of aromatic nitrogens is 3. The maximum atomic E-state index is 14.5. The van der Waals surface area contributed by atoms with Crippen LogP contribution in [0.2, 0.25) is 0 Å². The van der Waals surface area contributed by atoms with Gasteiger partial charge < -0.3 is 10.3 Å². The van der Waals surface area contributed by atoms with Gasteiger partial charge in [-0.25, -0.2) is 4.39 Å². The number of hydrogen-bond donors (Lipinski definition) is 3. The number of hydrogen-bond acceptors (Lipinski definition) is 5. The molecule has 1 fully saturated rings. The smallest absolute Gasteiger partial charge is 0.261 e. The van der Waals surface area contributed by atoms with E-state index in [2.05, 4.69) is 15.6 Å². The number of H-pyrrole nitrogens is 1. The van der Waals surface area contributed by atoms with Crippen molar-refractivity contribution in [2.75, 3.05) is 13.1 Å². The number of imide groups is 1. The maximum absolute atomic E-state index is 14.5. The van der Waals surface area contributed by atoms with Gasteiger partial charge in [0.15, 0.2) is 0 Å². The zero-order valence-corrected chi connectivity index (χ0v) is 17.8. The van der Waals surface area contributed by atoms with E-state index >= 15 is 0 Å². The van der Waals surface area contributed by atoms with Crippen LogP contribution < -0.4 is 10.6 Å². The summed E-state index contributed by atoms with van der Waals surface area (Å²) in [4.78, 5) is 29.9. The van der Waals surface area contributed by atoms with Gasteiger partial charge in [-0.2, -0.15) is 5.10 Å². The molecule has 0 spiro atoms. The summed E-state index contributed by atoms with van der Waals surface area (Å²) < 4.78 is 16.3. The van der Waals surface area contributed by atoms with Crippen molar-refractivity contribution in [1.29, 1.82) is 0 Å². The molecule has 32 heavy (non-hydrogen) atoms. The van der Waals surface area contributed by atoms with E-state index in [1.807, 2.05) is 35.7 Å². The standard InChI is InChI=1S/C23H20FN5O2S/c24-16-10-25-7-5-12(16)11-29-17-4-2-1-3-14(17)20(28-29)19-18(21(30)27-22(19)31)15-9-26-23-13(15)6-8-32-23/h1-4,6,8-9,12,16,25-26H,5,7,10-11H2,(H,27,30,31)/t12-,16-/m1/s1. The number of para-hydroxylation sites is 1. The normalized spacial score (nSPS) is 21.8. The number of carbonyl (C=O) groups is 2. The average molecular weight is 450 g/mol. The fourth-order valence-corrected chi connectivity index (χ4v) is 5.52. The van der Waals surface area contributed by atoms with Gasteiger partial charge in [0, 0.05) is 41.5 Å². The topological polar surface area (TPSA) is 91.8 Å². The summed E-state index contributed by atoms with van der Waals surface area (Å²) in [6, 6.07) is 9.52. The number of piperidine rings is 1. The van der Waals surface area contributed by atoms with Crippen molar-refractivity contribution in [3.63, 3.8) is 0 Å². The van der Waals surface area contributed by atoms with Gasteiger partial charge in [-0.05, 0) is 30.5 Å². The van der Waals surface area contributed by atoms with Crippen LogP contribution in [-0.2, 0) is 16.1 Å². The van der Waals surface area contributed by atoms with E-state index in [9.17, 15) is 14.0 Å². The quantitative estimate of drug-likeness (QED) is 0.418. The number of carbonyl (C=O) groups excluding carboxylic acids is 2. The second-order valence-electron chi connectivity index (χ2n) is 8.22. The van der Waals surface area contributed by atoms with Gasteiger partial charge in [0.05, 0.1) is 16.7 Å². The number of aromatic amines is 1. The molecule has 2 aliphatic rings. The van der Waals surface area contributed by atoms with Crippen molar-refractivity contribution in [3.8, 4) is 0 Å². The van der Waals surface area contributed by atoms with Gasteiger partial charge >= 0.3 is 0 Å². The Hall–Kier alpha value is -3.30. The highest BCUT2D eigenvalue weighted by Gasteiger charge is 2.36. The summed E-state index contributed by atoms with van der Waals surface area (Å²) in [6.45, 7) is 1.53.